The molecule has 3 heteroatoms. The van der Waals surface area contributed by atoms with Crippen molar-refractivity contribution in [3.05, 3.63) is 48.5 Å². The van der Waals surface area contributed by atoms with Crippen molar-refractivity contribution in [1.29, 1.82) is 0 Å². The van der Waals surface area contributed by atoms with Gasteiger partial charge in [-0.05, 0) is 30.9 Å². The molecule has 0 N–H and O–H groups in total. The molecule has 21 heavy (non-hydrogen) atoms. The molecule has 0 radical (unpaired) electrons. The number of hydrogen-bond donors (Lipinski definition) is 0. The van der Waals surface area contributed by atoms with E-state index in [4.69, 9.17) is 4.42 Å². The van der Waals surface area contributed by atoms with Crippen molar-refractivity contribution in [2.45, 2.75) is 19.3 Å². The highest BCUT2D eigenvalue weighted by Crippen LogP contribution is 2.32. The van der Waals surface area contributed by atoms with Crippen LogP contribution in [0.25, 0.3) is 22.2 Å². The first-order chi connectivity index (χ1) is 10.4. The number of hydrogen-bond acceptors (Lipinski definition) is 3. The van der Waals surface area contributed by atoms with Crippen LogP contribution in [0.4, 0.5) is 6.01 Å². The molecule has 3 nitrogen and oxygen atoms in total. The van der Waals surface area contributed by atoms with Gasteiger partial charge in [-0.1, -0.05) is 42.5 Å². The van der Waals surface area contributed by atoms with E-state index in [1.807, 2.05) is 18.2 Å². The van der Waals surface area contributed by atoms with Crippen LogP contribution in [0.15, 0.2) is 52.9 Å². The summed E-state index contributed by atoms with van der Waals surface area (Å²) in [6.07, 6.45) is 3.76. The number of rotatable bonds is 2. The van der Waals surface area contributed by atoms with Gasteiger partial charge in [-0.3, -0.25) is 0 Å². The fourth-order valence-electron chi connectivity index (χ4n) is 3.00. The molecule has 1 saturated heterocycles. The van der Waals surface area contributed by atoms with Crippen LogP contribution in [0.3, 0.4) is 0 Å². The molecular formula is C18H18N2O. The first kappa shape index (κ1) is 12.5. The molecule has 2 aromatic carbocycles. The first-order valence-electron chi connectivity index (χ1n) is 7.62. The molecule has 0 aliphatic carbocycles. The summed E-state index contributed by atoms with van der Waals surface area (Å²) >= 11 is 0. The maximum Gasteiger partial charge on any atom is 0.298 e. The van der Waals surface area contributed by atoms with Gasteiger partial charge in [0.25, 0.3) is 6.01 Å². The zero-order valence-electron chi connectivity index (χ0n) is 12.0. The molecule has 1 aliphatic heterocycles. The van der Waals surface area contributed by atoms with E-state index in [1.165, 1.54) is 24.8 Å². The summed E-state index contributed by atoms with van der Waals surface area (Å²) in [5.41, 5.74) is 4.12. The Hall–Kier alpha value is -2.29. The van der Waals surface area contributed by atoms with E-state index in [0.29, 0.717) is 0 Å². The molecule has 0 saturated carbocycles. The fraction of sp³-hybridized carbons (Fsp3) is 0.278. The van der Waals surface area contributed by atoms with Crippen LogP contribution >= 0.6 is 0 Å². The van der Waals surface area contributed by atoms with Crippen molar-refractivity contribution in [3.63, 3.8) is 0 Å². The second-order valence-corrected chi connectivity index (χ2v) is 5.56. The van der Waals surface area contributed by atoms with Crippen molar-refractivity contribution in [2.75, 3.05) is 18.0 Å². The largest absolute Gasteiger partial charge is 0.423 e. The number of benzene rings is 2. The standard InChI is InChI=1S/C18H18N2O/c1-3-8-14(9-4-1)15-10-7-11-16-17(15)21-18(19-16)20-12-5-2-6-13-20/h1,3-4,7-11H,2,5-6,12-13H2. The zero-order chi connectivity index (χ0) is 14.1. The van der Waals surface area contributed by atoms with Gasteiger partial charge in [0.2, 0.25) is 0 Å². The number of para-hydroxylation sites is 1. The highest BCUT2D eigenvalue weighted by Gasteiger charge is 2.18. The summed E-state index contributed by atoms with van der Waals surface area (Å²) in [6, 6.07) is 17.3. The minimum atomic E-state index is 0.771. The Balaban J connectivity index is 1.80. The minimum Gasteiger partial charge on any atom is -0.423 e. The molecule has 1 aliphatic rings. The zero-order valence-corrected chi connectivity index (χ0v) is 12.0. The monoisotopic (exact) mass is 278 g/mol. The molecular weight excluding hydrogens is 260 g/mol. The molecule has 3 aromatic rings. The van der Waals surface area contributed by atoms with Gasteiger partial charge in [0.05, 0.1) is 0 Å². The van der Waals surface area contributed by atoms with Gasteiger partial charge in [0.1, 0.15) is 5.52 Å². The summed E-state index contributed by atoms with van der Waals surface area (Å²) in [5.74, 6) is 0. The maximum absolute atomic E-state index is 6.11. The Bertz CT molecular complexity index is 742. The molecule has 0 amide bonds. The smallest absolute Gasteiger partial charge is 0.298 e. The van der Waals surface area contributed by atoms with Crippen molar-refractivity contribution < 1.29 is 4.42 Å². The Labute approximate surface area is 124 Å². The van der Waals surface area contributed by atoms with E-state index >= 15 is 0 Å². The maximum atomic E-state index is 6.11. The van der Waals surface area contributed by atoms with Crippen LogP contribution in [-0.2, 0) is 0 Å². The number of anilines is 1. The quantitative estimate of drug-likeness (QED) is 0.692. The van der Waals surface area contributed by atoms with E-state index < -0.39 is 0 Å². The van der Waals surface area contributed by atoms with E-state index in [1.54, 1.807) is 0 Å². The minimum absolute atomic E-state index is 0.771. The highest BCUT2D eigenvalue weighted by molar-refractivity contribution is 5.91. The SMILES string of the molecule is c1ccc(-c2cccc3nc(N4CCCCC4)oc23)cc1. The van der Waals surface area contributed by atoms with Crippen molar-refractivity contribution in [2.24, 2.45) is 0 Å². The van der Waals surface area contributed by atoms with E-state index in [9.17, 15) is 0 Å². The molecule has 1 aromatic heterocycles. The Morgan fingerprint density at radius 2 is 1.67 bits per heavy atom. The lowest BCUT2D eigenvalue weighted by Crippen LogP contribution is -2.29. The topological polar surface area (TPSA) is 29.3 Å². The van der Waals surface area contributed by atoms with Crippen LogP contribution in [0.5, 0.6) is 0 Å². The van der Waals surface area contributed by atoms with Crippen LogP contribution < -0.4 is 4.90 Å². The third kappa shape index (κ3) is 2.29. The summed E-state index contributed by atoms with van der Waals surface area (Å²) in [6.45, 7) is 2.10. The highest BCUT2D eigenvalue weighted by atomic mass is 16.4. The Morgan fingerprint density at radius 3 is 2.48 bits per heavy atom. The molecule has 0 unspecified atom stereocenters. The second kappa shape index (κ2) is 5.24. The number of nitrogens with zero attached hydrogens (tertiary/aromatic N) is 2. The summed E-state index contributed by atoms with van der Waals surface area (Å²) in [4.78, 5) is 6.94. The lowest BCUT2D eigenvalue weighted by Gasteiger charge is -2.24. The van der Waals surface area contributed by atoms with Crippen LogP contribution in [0.1, 0.15) is 19.3 Å². The fourth-order valence-corrected chi connectivity index (χ4v) is 3.00. The third-order valence-corrected chi connectivity index (χ3v) is 4.12. The molecule has 0 atom stereocenters. The van der Waals surface area contributed by atoms with Crippen molar-refractivity contribution in [1.82, 2.24) is 4.98 Å². The molecule has 2 heterocycles. The van der Waals surface area contributed by atoms with Gasteiger partial charge in [0, 0.05) is 18.7 Å². The third-order valence-electron chi connectivity index (χ3n) is 4.12. The predicted octanol–water partition coefficient (Wildman–Crippen LogP) is 4.49. The van der Waals surface area contributed by atoms with Gasteiger partial charge >= 0.3 is 0 Å². The molecule has 0 bridgehead atoms. The Kier molecular flexibility index (Phi) is 3.11. The molecule has 106 valence electrons. The van der Waals surface area contributed by atoms with Crippen LogP contribution in [0, 0.1) is 0 Å². The molecule has 1 fully saturated rings. The van der Waals surface area contributed by atoms with Crippen molar-refractivity contribution in [3.8, 4) is 11.1 Å². The van der Waals surface area contributed by atoms with E-state index in [2.05, 4.69) is 40.2 Å². The summed E-state index contributed by atoms with van der Waals surface area (Å²) in [7, 11) is 0. The average molecular weight is 278 g/mol. The van der Waals surface area contributed by atoms with Gasteiger partial charge < -0.3 is 9.32 Å². The summed E-state index contributed by atoms with van der Waals surface area (Å²) in [5, 5.41) is 0. The number of fused-ring (bicyclic) bond motifs is 1. The first-order valence-corrected chi connectivity index (χ1v) is 7.62. The van der Waals surface area contributed by atoms with Gasteiger partial charge in [-0.25, -0.2) is 0 Å². The molecule has 4 rings (SSSR count). The van der Waals surface area contributed by atoms with Crippen LogP contribution in [0.2, 0.25) is 0 Å². The summed E-state index contributed by atoms with van der Waals surface area (Å²) < 4.78 is 6.11. The second-order valence-electron chi connectivity index (χ2n) is 5.56. The average Bonchev–Trinajstić information content (AvgIpc) is 3.00. The molecule has 0 spiro atoms. The number of piperidine rings is 1. The van der Waals surface area contributed by atoms with E-state index in [0.717, 1.165) is 35.8 Å². The Morgan fingerprint density at radius 1 is 0.857 bits per heavy atom. The normalized spacial score (nSPS) is 15.5. The van der Waals surface area contributed by atoms with Crippen LogP contribution in [-0.4, -0.2) is 18.1 Å². The predicted molar refractivity (Wildman–Crippen MR) is 85.5 cm³/mol. The van der Waals surface area contributed by atoms with Gasteiger partial charge in [-0.15, -0.1) is 0 Å². The van der Waals surface area contributed by atoms with Gasteiger partial charge in [0.15, 0.2) is 5.58 Å². The lowest BCUT2D eigenvalue weighted by molar-refractivity contribution is 0.509. The number of oxazole rings is 1. The lowest BCUT2D eigenvalue weighted by atomic mass is 10.1. The number of aromatic nitrogens is 1. The van der Waals surface area contributed by atoms with E-state index in [-0.39, 0.29) is 0 Å². The van der Waals surface area contributed by atoms with Gasteiger partial charge in [-0.2, -0.15) is 4.98 Å². The van der Waals surface area contributed by atoms with Crippen molar-refractivity contribution >= 4 is 17.1 Å².